The van der Waals surface area contributed by atoms with Gasteiger partial charge in [0.05, 0.1) is 0 Å². The van der Waals surface area contributed by atoms with Crippen LogP contribution in [0.1, 0.15) is 18.4 Å². The second kappa shape index (κ2) is 5.01. The van der Waals surface area contributed by atoms with Gasteiger partial charge in [0.2, 0.25) is 5.91 Å². The Morgan fingerprint density at radius 3 is 2.69 bits per heavy atom. The molecule has 16 heavy (non-hydrogen) atoms. The molecule has 0 saturated carbocycles. The summed E-state index contributed by atoms with van der Waals surface area (Å²) in [5, 5.41) is 2.92. The number of amides is 1. The van der Waals surface area contributed by atoms with Gasteiger partial charge in [-0.1, -0.05) is 17.7 Å². The van der Waals surface area contributed by atoms with E-state index < -0.39 is 0 Å². The van der Waals surface area contributed by atoms with Crippen LogP contribution in [0.25, 0.3) is 0 Å². The molecule has 1 N–H and O–H groups in total. The first-order chi connectivity index (χ1) is 7.75. The minimum Gasteiger partial charge on any atom is -0.370 e. The summed E-state index contributed by atoms with van der Waals surface area (Å²) in [6.45, 7) is 4.70. The molecule has 1 amide bonds. The van der Waals surface area contributed by atoms with Crippen molar-refractivity contribution in [2.45, 2.75) is 19.8 Å². The number of carbonyl (C=O) groups is 1. The fraction of sp³-hybridized carbons (Fsp3) is 0.462. The van der Waals surface area contributed by atoms with Crippen molar-refractivity contribution in [2.24, 2.45) is 0 Å². The van der Waals surface area contributed by atoms with E-state index >= 15 is 0 Å². The van der Waals surface area contributed by atoms with Gasteiger partial charge in [-0.2, -0.15) is 0 Å². The van der Waals surface area contributed by atoms with E-state index in [1.54, 1.807) is 0 Å². The maximum absolute atomic E-state index is 11.2. The Hall–Kier alpha value is -1.51. The van der Waals surface area contributed by atoms with Crippen molar-refractivity contribution in [2.75, 3.05) is 24.5 Å². The average Bonchev–Trinajstić information content (AvgIpc) is 2.25. The standard InChI is InChI=1S/C13H18N2O/c1-11-4-6-12(7-5-11)15-9-2-3-13(16)14-8-10-15/h4-7H,2-3,8-10H2,1H3,(H,14,16). The summed E-state index contributed by atoms with van der Waals surface area (Å²) in [6, 6.07) is 8.57. The molecule has 1 aliphatic rings. The van der Waals surface area contributed by atoms with E-state index in [0.29, 0.717) is 6.42 Å². The van der Waals surface area contributed by atoms with Crippen molar-refractivity contribution >= 4 is 11.6 Å². The van der Waals surface area contributed by atoms with Crippen LogP contribution >= 0.6 is 0 Å². The third-order valence-electron chi connectivity index (χ3n) is 2.93. The highest BCUT2D eigenvalue weighted by Crippen LogP contribution is 2.16. The Kier molecular flexibility index (Phi) is 3.44. The lowest BCUT2D eigenvalue weighted by molar-refractivity contribution is -0.121. The molecule has 1 aromatic carbocycles. The fourth-order valence-electron chi connectivity index (χ4n) is 1.97. The lowest BCUT2D eigenvalue weighted by Crippen LogP contribution is -2.38. The Labute approximate surface area is 96.5 Å². The largest absolute Gasteiger partial charge is 0.370 e. The molecule has 0 radical (unpaired) electrons. The second-order valence-corrected chi connectivity index (χ2v) is 4.28. The fourth-order valence-corrected chi connectivity index (χ4v) is 1.97. The number of aryl methyl sites for hydroxylation is 1. The van der Waals surface area contributed by atoms with Crippen molar-refractivity contribution in [3.05, 3.63) is 29.8 Å². The third kappa shape index (κ3) is 2.75. The Bertz CT molecular complexity index is 347. The second-order valence-electron chi connectivity index (χ2n) is 4.28. The van der Waals surface area contributed by atoms with Crippen LogP contribution in [0.5, 0.6) is 0 Å². The van der Waals surface area contributed by atoms with Crippen LogP contribution in [0.2, 0.25) is 0 Å². The van der Waals surface area contributed by atoms with Gasteiger partial charge in [-0.25, -0.2) is 0 Å². The maximum atomic E-state index is 11.2. The summed E-state index contributed by atoms with van der Waals surface area (Å²) in [5.41, 5.74) is 2.53. The number of anilines is 1. The molecule has 1 aliphatic heterocycles. The quantitative estimate of drug-likeness (QED) is 0.778. The van der Waals surface area contributed by atoms with E-state index in [1.165, 1.54) is 11.3 Å². The summed E-state index contributed by atoms with van der Waals surface area (Å²) in [4.78, 5) is 13.5. The molecule has 0 aliphatic carbocycles. The summed E-state index contributed by atoms with van der Waals surface area (Å²) in [6.07, 6.45) is 1.57. The van der Waals surface area contributed by atoms with Crippen molar-refractivity contribution in [3.8, 4) is 0 Å². The minimum absolute atomic E-state index is 0.184. The lowest BCUT2D eigenvalue weighted by Gasteiger charge is -2.27. The van der Waals surface area contributed by atoms with Gasteiger partial charge in [0.15, 0.2) is 0 Å². The van der Waals surface area contributed by atoms with Crippen molar-refractivity contribution in [1.29, 1.82) is 0 Å². The average molecular weight is 218 g/mol. The van der Waals surface area contributed by atoms with Crippen molar-refractivity contribution in [3.63, 3.8) is 0 Å². The number of rotatable bonds is 1. The molecule has 3 nitrogen and oxygen atoms in total. The van der Waals surface area contributed by atoms with E-state index in [4.69, 9.17) is 0 Å². The van der Waals surface area contributed by atoms with Crippen molar-refractivity contribution < 1.29 is 4.79 Å². The normalized spacial score (nSPS) is 17.6. The minimum atomic E-state index is 0.184. The number of nitrogens with zero attached hydrogens (tertiary/aromatic N) is 1. The SMILES string of the molecule is Cc1ccc(N2CCCC(=O)NCC2)cc1. The number of nitrogens with one attached hydrogen (secondary N) is 1. The molecular formula is C13H18N2O. The van der Waals surface area contributed by atoms with Gasteiger partial charge >= 0.3 is 0 Å². The number of benzene rings is 1. The molecule has 1 saturated heterocycles. The van der Waals surface area contributed by atoms with E-state index in [1.807, 2.05) is 0 Å². The Morgan fingerprint density at radius 1 is 1.19 bits per heavy atom. The third-order valence-corrected chi connectivity index (χ3v) is 2.93. The lowest BCUT2D eigenvalue weighted by atomic mass is 10.2. The topological polar surface area (TPSA) is 32.3 Å². The first-order valence-electron chi connectivity index (χ1n) is 5.84. The van der Waals surface area contributed by atoms with Gasteiger partial charge in [-0.05, 0) is 25.5 Å². The van der Waals surface area contributed by atoms with E-state index in [-0.39, 0.29) is 5.91 Å². The molecule has 0 unspecified atom stereocenters. The summed E-state index contributed by atoms with van der Waals surface area (Å²) in [7, 11) is 0. The molecule has 0 bridgehead atoms. The molecule has 86 valence electrons. The smallest absolute Gasteiger partial charge is 0.220 e. The van der Waals surface area contributed by atoms with Crippen LogP contribution < -0.4 is 10.2 Å². The Morgan fingerprint density at radius 2 is 1.94 bits per heavy atom. The van der Waals surface area contributed by atoms with Gasteiger partial charge < -0.3 is 10.2 Å². The predicted molar refractivity (Wildman–Crippen MR) is 65.6 cm³/mol. The van der Waals surface area contributed by atoms with Crippen LogP contribution in [0, 0.1) is 6.92 Å². The summed E-state index contributed by atoms with van der Waals surface area (Å²) < 4.78 is 0. The number of carbonyl (C=O) groups excluding carboxylic acids is 1. The van der Waals surface area contributed by atoms with Gasteiger partial charge in [0.25, 0.3) is 0 Å². The maximum Gasteiger partial charge on any atom is 0.220 e. The first-order valence-corrected chi connectivity index (χ1v) is 5.84. The molecule has 1 fully saturated rings. The van der Waals surface area contributed by atoms with Gasteiger partial charge in [-0.3, -0.25) is 4.79 Å². The van der Waals surface area contributed by atoms with Crippen LogP contribution in [-0.2, 0) is 4.79 Å². The van der Waals surface area contributed by atoms with Crippen LogP contribution in [-0.4, -0.2) is 25.5 Å². The summed E-state index contributed by atoms with van der Waals surface area (Å²) >= 11 is 0. The molecule has 0 spiro atoms. The molecular weight excluding hydrogens is 200 g/mol. The summed E-state index contributed by atoms with van der Waals surface area (Å²) in [5.74, 6) is 0.184. The van der Waals surface area contributed by atoms with Gasteiger partial charge in [0.1, 0.15) is 0 Å². The van der Waals surface area contributed by atoms with Crippen LogP contribution in [0.4, 0.5) is 5.69 Å². The van der Waals surface area contributed by atoms with E-state index in [0.717, 1.165) is 26.1 Å². The highest BCUT2D eigenvalue weighted by molar-refractivity contribution is 5.76. The highest BCUT2D eigenvalue weighted by atomic mass is 16.1. The zero-order valence-corrected chi connectivity index (χ0v) is 9.70. The Balaban J connectivity index is 2.03. The van der Waals surface area contributed by atoms with Crippen molar-refractivity contribution in [1.82, 2.24) is 5.32 Å². The highest BCUT2D eigenvalue weighted by Gasteiger charge is 2.11. The van der Waals surface area contributed by atoms with E-state index in [9.17, 15) is 4.79 Å². The molecule has 0 atom stereocenters. The number of hydrogen-bond acceptors (Lipinski definition) is 2. The predicted octanol–water partition coefficient (Wildman–Crippen LogP) is 1.71. The molecule has 0 aromatic heterocycles. The van der Waals surface area contributed by atoms with Gasteiger partial charge in [-0.15, -0.1) is 0 Å². The monoisotopic (exact) mass is 218 g/mol. The van der Waals surface area contributed by atoms with Crippen LogP contribution in [0.3, 0.4) is 0 Å². The molecule has 1 aromatic rings. The van der Waals surface area contributed by atoms with Crippen LogP contribution in [0.15, 0.2) is 24.3 Å². The number of hydrogen-bond donors (Lipinski definition) is 1. The molecule has 3 heteroatoms. The zero-order valence-electron chi connectivity index (χ0n) is 9.70. The zero-order chi connectivity index (χ0) is 11.4. The van der Waals surface area contributed by atoms with E-state index in [2.05, 4.69) is 41.4 Å². The first kappa shape index (κ1) is 11.0. The van der Waals surface area contributed by atoms with Gasteiger partial charge in [0, 0.05) is 31.7 Å². The molecule has 2 rings (SSSR count). The molecule has 1 heterocycles.